The molecule has 5 heteroatoms. The van der Waals surface area contributed by atoms with Crippen molar-refractivity contribution in [2.45, 2.75) is 65.9 Å². The molecule has 5 nitrogen and oxygen atoms in total. The van der Waals surface area contributed by atoms with Crippen LogP contribution < -0.4 is 5.32 Å². The van der Waals surface area contributed by atoms with Gasteiger partial charge in [0.2, 0.25) is 0 Å². The third-order valence-electron chi connectivity index (χ3n) is 4.26. The highest BCUT2D eigenvalue weighted by molar-refractivity contribution is 6.02. The Hall–Kier alpha value is -1.62. The summed E-state index contributed by atoms with van der Waals surface area (Å²) < 4.78 is 0. The minimum Gasteiger partial charge on any atom is -0.388 e. The molecule has 3 N–H and O–H groups in total. The summed E-state index contributed by atoms with van der Waals surface area (Å²) in [6.07, 6.45) is 2.68. The maximum Gasteiger partial charge on any atom is 0.268 e. The summed E-state index contributed by atoms with van der Waals surface area (Å²) in [5.74, 6) is -0.297. The highest BCUT2D eigenvalue weighted by Gasteiger charge is 2.26. The van der Waals surface area contributed by atoms with Crippen LogP contribution in [0, 0.1) is 6.92 Å². The van der Waals surface area contributed by atoms with Crippen molar-refractivity contribution in [1.82, 2.24) is 10.3 Å². The molecule has 0 unspecified atom stereocenters. The molecule has 0 aromatic carbocycles. The quantitative estimate of drug-likeness (QED) is 0.646. The highest BCUT2D eigenvalue weighted by atomic mass is 16.3. The second-order valence-electron chi connectivity index (χ2n) is 5.90. The van der Waals surface area contributed by atoms with Crippen molar-refractivity contribution < 1.29 is 14.7 Å². The van der Waals surface area contributed by atoms with Gasteiger partial charge in [0.05, 0.1) is 5.60 Å². The predicted octanol–water partition coefficient (Wildman–Crippen LogP) is 2.76. The Balaban J connectivity index is 3.03. The normalized spacial score (nSPS) is 11.5. The van der Waals surface area contributed by atoms with Gasteiger partial charge in [0.1, 0.15) is 5.69 Å². The number of Topliss-reactive ketones (excluding diaryl/α,β-unsaturated/α-hetero) is 1. The van der Waals surface area contributed by atoms with Crippen LogP contribution in [-0.4, -0.2) is 33.9 Å². The van der Waals surface area contributed by atoms with E-state index >= 15 is 0 Å². The van der Waals surface area contributed by atoms with Crippen molar-refractivity contribution in [3.8, 4) is 0 Å². The molecule has 0 atom stereocenters. The minimum absolute atomic E-state index is 0.0325. The number of amides is 1. The predicted molar refractivity (Wildman–Crippen MR) is 87.4 cm³/mol. The molecule has 0 fully saturated rings. The van der Waals surface area contributed by atoms with Gasteiger partial charge in [-0.25, -0.2) is 0 Å². The maximum absolute atomic E-state index is 12.4. The lowest BCUT2D eigenvalue weighted by Gasteiger charge is -2.25. The Labute approximate surface area is 132 Å². The number of hydrogen-bond acceptors (Lipinski definition) is 3. The van der Waals surface area contributed by atoms with Crippen LogP contribution in [0.2, 0.25) is 0 Å². The van der Waals surface area contributed by atoms with Crippen LogP contribution in [0.15, 0.2) is 0 Å². The molecular formula is C17H28N2O3. The van der Waals surface area contributed by atoms with Crippen LogP contribution in [0.25, 0.3) is 0 Å². The average molecular weight is 308 g/mol. The summed E-state index contributed by atoms with van der Waals surface area (Å²) in [6, 6.07) is 0. The number of hydrogen-bond donors (Lipinski definition) is 3. The van der Waals surface area contributed by atoms with Crippen molar-refractivity contribution in [1.29, 1.82) is 0 Å². The van der Waals surface area contributed by atoms with Crippen molar-refractivity contribution in [2.75, 3.05) is 6.54 Å². The van der Waals surface area contributed by atoms with Crippen molar-refractivity contribution in [3.05, 3.63) is 22.5 Å². The van der Waals surface area contributed by atoms with E-state index in [0.717, 1.165) is 17.7 Å². The van der Waals surface area contributed by atoms with Gasteiger partial charge < -0.3 is 15.4 Å². The molecule has 22 heavy (non-hydrogen) atoms. The first kappa shape index (κ1) is 18.4. The van der Waals surface area contributed by atoms with Gasteiger partial charge in [-0.2, -0.15) is 0 Å². The van der Waals surface area contributed by atoms with Crippen LogP contribution in [0.5, 0.6) is 0 Å². The third kappa shape index (κ3) is 3.97. The molecule has 124 valence electrons. The molecule has 1 heterocycles. The fraction of sp³-hybridized carbons (Fsp3) is 0.647. The van der Waals surface area contributed by atoms with Gasteiger partial charge in [0.15, 0.2) is 5.78 Å². The molecule has 1 aromatic rings. The zero-order valence-electron chi connectivity index (χ0n) is 14.3. The molecular weight excluding hydrogens is 280 g/mol. The van der Waals surface area contributed by atoms with E-state index < -0.39 is 5.60 Å². The molecule has 0 aliphatic rings. The first-order valence-corrected chi connectivity index (χ1v) is 8.02. The third-order valence-corrected chi connectivity index (χ3v) is 4.26. The van der Waals surface area contributed by atoms with E-state index in [1.807, 2.05) is 20.8 Å². The average Bonchev–Trinajstić information content (AvgIpc) is 2.81. The smallest absolute Gasteiger partial charge is 0.268 e. The zero-order valence-corrected chi connectivity index (χ0v) is 14.3. The Morgan fingerprint density at radius 1 is 1.23 bits per heavy atom. The summed E-state index contributed by atoms with van der Waals surface area (Å²) in [6.45, 7) is 9.33. The van der Waals surface area contributed by atoms with E-state index in [0.29, 0.717) is 30.5 Å². The topological polar surface area (TPSA) is 82.2 Å². The summed E-state index contributed by atoms with van der Waals surface area (Å²) in [7, 11) is 0. The molecule has 0 aliphatic heterocycles. The molecule has 0 bridgehead atoms. The number of aromatic amines is 1. The lowest BCUT2D eigenvalue weighted by molar-refractivity contribution is 0.0313. The second kappa shape index (κ2) is 7.58. The molecule has 1 amide bonds. The fourth-order valence-electron chi connectivity index (χ4n) is 2.68. The number of rotatable bonds is 8. The van der Waals surface area contributed by atoms with Gasteiger partial charge in [-0.3, -0.25) is 9.59 Å². The van der Waals surface area contributed by atoms with Crippen molar-refractivity contribution in [2.24, 2.45) is 0 Å². The van der Waals surface area contributed by atoms with E-state index in [4.69, 9.17) is 0 Å². The fourth-order valence-corrected chi connectivity index (χ4v) is 2.68. The van der Waals surface area contributed by atoms with E-state index in [1.54, 1.807) is 6.92 Å². The maximum atomic E-state index is 12.4. The molecule has 0 saturated carbocycles. The van der Waals surface area contributed by atoms with E-state index in [9.17, 15) is 14.7 Å². The molecule has 0 saturated heterocycles. The summed E-state index contributed by atoms with van der Waals surface area (Å²) >= 11 is 0. The highest BCUT2D eigenvalue weighted by Crippen LogP contribution is 2.22. The first-order chi connectivity index (χ1) is 10.3. The van der Waals surface area contributed by atoms with Crippen LogP contribution >= 0.6 is 0 Å². The molecule has 1 rings (SSSR count). The second-order valence-corrected chi connectivity index (χ2v) is 5.90. The van der Waals surface area contributed by atoms with Gasteiger partial charge in [0.25, 0.3) is 5.91 Å². The lowest BCUT2D eigenvalue weighted by atomic mass is 9.97. The number of H-pyrrole nitrogens is 1. The molecule has 0 aliphatic carbocycles. The number of carbonyl (C=O) groups is 2. The van der Waals surface area contributed by atoms with Gasteiger partial charge in [-0.05, 0) is 38.7 Å². The van der Waals surface area contributed by atoms with E-state index in [1.165, 1.54) is 6.92 Å². The minimum atomic E-state index is -0.883. The SMILES string of the molecule is CCCc1c(C(=O)NCC(O)(CC)CC)[nH]c(C)c1C(C)=O. The van der Waals surface area contributed by atoms with Gasteiger partial charge in [-0.15, -0.1) is 0 Å². The number of ketones is 1. The van der Waals surface area contributed by atoms with Gasteiger partial charge in [-0.1, -0.05) is 27.2 Å². The summed E-state index contributed by atoms with van der Waals surface area (Å²) in [5, 5.41) is 13.1. The Bertz CT molecular complexity index is 542. The Morgan fingerprint density at radius 3 is 2.27 bits per heavy atom. The number of aliphatic hydroxyl groups is 1. The Kier molecular flexibility index (Phi) is 6.35. The van der Waals surface area contributed by atoms with Crippen LogP contribution in [0.1, 0.15) is 79.1 Å². The standard InChI is InChI=1S/C17H28N2O3/c1-6-9-13-14(12(5)20)11(4)19-15(13)16(21)18-10-17(22,7-2)8-3/h19,22H,6-10H2,1-5H3,(H,18,21). The van der Waals surface area contributed by atoms with Crippen LogP contribution in [0.4, 0.5) is 0 Å². The molecule has 1 aromatic heterocycles. The van der Waals surface area contributed by atoms with E-state index in [2.05, 4.69) is 10.3 Å². The van der Waals surface area contributed by atoms with Crippen LogP contribution in [0.3, 0.4) is 0 Å². The first-order valence-electron chi connectivity index (χ1n) is 8.02. The summed E-state index contributed by atoms with van der Waals surface area (Å²) in [5.41, 5.74) is 1.68. The monoisotopic (exact) mass is 308 g/mol. The number of aryl methyl sites for hydroxylation is 1. The number of aromatic nitrogens is 1. The van der Waals surface area contributed by atoms with Gasteiger partial charge in [0, 0.05) is 17.8 Å². The van der Waals surface area contributed by atoms with E-state index in [-0.39, 0.29) is 18.2 Å². The largest absolute Gasteiger partial charge is 0.388 e. The molecule has 0 radical (unpaired) electrons. The summed E-state index contributed by atoms with van der Waals surface area (Å²) in [4.78, 5) is 27.3. The Morgan fingerprint density at radius 2 is 1.82 bits per heavy atom. The number of nitrogens with one attached hydrogen (secondary N) is 2. The molecule has 0 spiro atoms. The van der Waals surface area contributed by atoms with Crippen LogP contribution in [-0.2, 0) is 6.42 Å². The van der Waals surface area contributed by atoms with Crippen molar-refractivity contribution >= 4 is 11.7 Å². The van der Waals surface area contributed by atoms with Crippen molar-refractivity contribution in [3.63, 3.8) is 0 Å². The number of carbonyl (C=O) groups excluding carboxylic acids is 2. The van der Waals surface area contributed by atoms with Gasteiger partial charge >= 0.3 is 0 Å². The zero-order chi connectivity index (χ0) is 16.9. The lowest BCUT2D eigenvalue weighted by Crippen LogP contribution is -2.42.